The Morgan fingerprint density at radius 3 is 2.20 bits per heavy atom. The first kappa shape index (κ1) is 37.2. The summed E-state index contributed by atoms with van der Waals surface area (Å²) in [6.07, 6.45) is -16.6. The lowest BCUT2D eigenvalue weighted by Crippen LogP contribution is -2.69. The third kappa shape index (κ3) is 8.76. The number of carbonyl (C=O) groups is 1. The molecule has 3 fully saturated rings. The first-order chi connectivity index (χ1) is 20.9. The van der Waals surface area contributed by atoms with Crippen LogP contribution in [0.3, 0.4) is 0 Å². The minimum Gasteiger partial charge on any atom is -0.394 e. The molecule has 44 heavy (non-hydrogen) atoms. The number of hydrogen-bond donors (Lipinski definition) is 13. The van der Waals surface area contributed by atoms with E-state index in [1.165, 1.54) is 0 Å². The molecule has 0 aromatic carbocycles. The van der Waals surface area contributed by atoms with E-state index < -0.39 is 117 Å². The number of carbonyl (C=O) groups excluding carboxylic acids is 1. The number of alkyl halides is 1. The van der Waals surface area contributed by atoms with Gasteiger partial charge in [0.25, 0.3) is 5.91 Å². The van der Waals surface area contributed by atoms with E-state index in [-0.39, 0.29) is 19.4 Å². The Balaban J connectivity index is 1.87. The molecular weight excluding hydrogens is 593 g/mol. The summed E-state index contributed by atoms with van der Waals surface area (Å²) in [6, 6.07) is -4.06. The first-order valence-corrected chi connectivity index (χ1v) is 14.8. The first-order valence-electron chi connectivity index (χ1n) is 14.8. The lowest BCUT2D eigenvalue weighted by atomic mass is 9.83. The van der Waals surface area contributed by atoms with Crippen molar-refractivity contribution in [3.05, 3.63) is 0 Å². The molecule has 0 aromatic rings. The maximum atomic E-state index is 14.0. The molecule has 0 bridgehead atoms. The zero-order valence-electron chi connectivity index (χ0n) is 24.4. The van der Waals surface area contributed by atoms with E-state index in [0.717, 1.165) is 0 Å². The molecule has 3 rings (SSSR count). The molecule has 0 spiro atoms. The minimum atomic E-state index is -2.14. The van der Waals surface area contributed by atoms with Crippen molar-refractivity contribution in [1.29, 1.82) is 0 Å². The van der Waals surface area contributed by atoms with Crippen LogP contribution in [-0.4, -0.2) is 167 Å². The van der Waals surface area contributed by atoms with E-state index in [0.29, 0.717) is 19.5 Å². The van der Waals surface area contributed by atoms with Gasteiger partial charge in [-0.05, 0) is 32.4 Å². The molecule has 3 aliphatic rings. The Kier molecular flexibility index (Phi) is 14.4. The van der Waals surface area contributed by atoms with Crippen LogP contribution in [-0.2, 0) is 23.7 Å². The molecule has 1 saturated carbocycles. The summed E-state index contributed by atoms with van der Waals surface area (Å²) < 4.78 is 37.5. The van der Waals surface area contributed by atoms with Gasteiger partial charge in [0.15, 0.2) is 18.7 Å². The average Bonchev–Trinajstić information content (AvgIpc) is 3.00. The number of nitrogens with one attached hydrogen (secondary N) is 2. The van der Waals surface area contributed by atoms with Gasteiger partial charge in [-0.15, -0.1) is 0 Å². The standard InChI is InChI=1S/C25H50FN7O11/c26-9(6-28)17(36)23(40)33-11-4-10(30)21(43-24-12(32-3-1-2-27)5-13(35)14(7-29)41-24)20(39)22(11)44-25-19(38)16(31)18(37)15(8-34)42-25/h9-22,24-25,32,34-39H,1-8,27-31H2,(H,33,40)/t9?,10-,11+,12+,13-,14+,15+,16-,17?,18+,19+,20-,21?,22-,24+,25+/m0/s1. The molecule has 2 aliphatic heterocycles. The zero-order chi connectivity index (χ0) is 32.7. The fourth-order valence-corrected chi connectivity index (χ4v) is 5.63. The highest BCUT2D eigenvalue weighted by Gasteiger charge is 2.51. The maximum Gasteiger partial charge on any atom is 0.252 e. The molecular formula is C25H50FN7O11. The van der Waals surface area contributed by atoms with E-state index in [9.17, 15) is 39.8 Å². The highest BCUT2D eigenvalue weighted by molar-refractivity contribution is 5.81. The second-order valence-electron chi connectivity index (χ2n) is 11.5. The smallest absolute Gasteiger partial charge is 0.252 e. The van der Waals surface area contributed by atoms with Crippen molar-refractivity contribution in [1.82, 2.24) is 10.6 Å². The van der Waals surface area contributed by atoms with Crippen LogP contribution in [0.15, 0.2) is 0 Å². The molecule has 19 heteroatoms. The number of aliphatic hydroxyl groups excluding tert-OH is 6. The third-order valence-corrected chi connectivity index (χ3v) is 8.28. The lowest BCUT2D eigenvalue weighted by molar-refractivity contribution is -0.316. The highest BCUT2D eigenvalue weighted by Crippen LogP contribution is 2.32. The summed E-state index contributed by atoms with van der Waals surface area (Å²) in [5.41, 5.74) is 28.9. The highest BCUT2D eigenvalue weighted by atomic mass is 19.1. The van der Waals surface area contributed by atoms with Crippen LogP contribution in [0.1, 0.15) is 19.3 Å². The molecule has 16 atom stereocenters. The molecule has 2 heterocycles. The van der Waals surface area contributed by atoms with Crippen molar-refractivity contribution in [3.8, 4) is 0 Å². The van der Waals surface area contributed by atoms with Crippen molar-refractivity contribution in [2.45, 2.75) is 117 Å². The Hall–Kier alpha value is -1.24. The third-order valence-electron chi connectivity index (χ3n) is 8.28. The maximum absolute atomic E-state index is 14.0. The Bertz CT molecular complexity index is 888. The van der Waals surface area contributed by atoms with E-state index in [1.807, 2.05) is 0 Å². The molecule has 258 valence electrons. The Labute approximate surface area is 254 Å². The number of aliphatic hydroxyl groups is 6. The molecule has 1 aliphatic carbocycles. The van der Waals surface area contributed by atoms with Gasteiger partial charge in [0.2, 0.25) is 0 Å². The van der Waals surface area contributed by atoms with Crippen molar-refractivity contribution in [2.24, 2.45) is 28.7 Å². The van der Waals surface area contributed by atoms with E-state index in [1.54, 1.807) is 0 Å². The SMILES string of the molecule is NCCCN[C@@H]1C[C@H](O)[C@@H](CN)O[C@@H]1OC1[C@@H](N)C[C@@H](NC(=O)C(O)C(F)CN)[C@H](O[C@H]2O[C@H](CO)[C@@H](O)[C@H](N)[C@H]2O)[C@H]1O. The predicted molar refractivity (Wildman–Crippen MR) is 150 cm³/mol. The summed E-state index contributed by atoms with van der Waals surface area (Å²) in [6.45, 7) is -0.456. The number of hydrogen-bond acceptors (Lipinski definition) is 17. The van der Waals surface area contributed by atoms with Gasteiger partial charge in [-0.2, -0.15) is 0 Å². The number of halogens is 1. The van der Waals surface area contributed by atoms with Gasteiger partial charge >= 0.3 is 0 Å². The number of ether oxygens (including phenoxy) is 4. The van der Waals surface area contributed by atoms with Gasteiger partial charge in [0.1, 0.15) is 42.8 Å². The monoisotopic (exact) mass is 643 g/mol. The predicted octanol–water partition coefficient (Wildman–Crippen LogP) is -7.50. The number of rotatable bonds is 14. The van der Waals surface area contributed by atoms with Gasteiger partial charge in [0, 0.05) is 19.1 Å². The summed E-state index contributed by atoms with van der Waals surface area (Å²) in [5, 5.41) is 68.2. The summed E-state index contributed by atoms with van der Waals surface area (Å²) >= 11 is 0. The molecule has 3 unspecified atom stereocenters. The van der Waals surface area contributed by atoms with Crippen LogP contribution in [0.4, 0.5) is 4.39 Å². The van der Waals surface area contributed by atoms with Gasteiger partial charge in [-0.25, -0.2) is 4.39 Å². The topological polar surface area (TPSA) is 330 Å². The summed E-state index contributed by atoms with van der Waals surface area (Å²) in [4.78, 5) is 12.7. The zero-order valence-corrected chi connectivity index (χ0v) is 24.4. The fraction of sp³-hybridized carbons (Fsp3) is 0.960. The fourth-order valence-electron chi connectivity index (χ4n) is 5.63. The number of nitrogens with two attached hydrogens (primary N) is 5. The van der Waals surface area contributed by atoms with Gasteiger partial charge in [0.05, 0.1) is 36.9 Å². The van der Waals surface area contributed by atoms with Crippen LogP contribution in [0.5, 0.6) is 0 Å². The molecule has 18 N–H and O–H groups in total. The normalized spacial score (nSPS) is 42.9. The minimum absolute atomic E-state index is 0.0224. The summed E-state index contributed by atoms with van der Waals surface area (Å²) in [7, 11) is 0. The molecule has 18 nitrogen and oxygen atoms in total. The van der Waals surface area contributed by atoms with E-state index in [2.05, 4.69) is 10.6 Å². The van der Waals surface area contributed by atoms with E-state index >= 15 is 0 Å². The Morgan fingerprint density at radius 2 is 1.59 bits per heavy atom. The van der Waals surface area contributed by atoms with Gasteiger partial charge < -0.3 is 88.9 Å². The molecule has 0 radical (unpaired) electrons. The number of amides is 1. The molecule has 0 aromatic heterocycles. The van der Waals surface area contributed by atoms with Crippen molar-refractivity contribution in [2.75, 3.05) is 32.8 Å². The summed E-state index contributed by atoms with van der Waals surface area (Å²) in [5.74, 6) is -1.16. The van der Waals surface area contributed by atoms with Gasteiger partial charge in [-0.1, -0.05) is 0 Å². The van der Waals surface area contributed by atoms with E-state index in [4.69, 9.17) is 47.6 Å². The van der Waals surface area contributed by atoms with Crippen LogP contribution in [0.25, 0.3) is 0 Å². The van der Waals surface area contributed by atoms with Crippen LogP contribution in [0.2, 0.25) is 0 Å². The lowest BCUT2D eigenvalue weighted by Gasteiger charge is -2.49. The van der Waals surface area contributed by atoms with Crippen molar-refractivity contribution >= 4 is 5.91 Å². The van der Waals surface area contributed by atoms with Crippen LogP contribution < -0.4 is 39.3 Å². The van der Waals surface area contributed by atoms with Crippen LogP contribution in [0, 0.1) is 0 Å². The quantitative estimate of drug-likeness (QED) is 0.0781. The average molecular weight is 644 g/mol. The van der Waals surface area contributed by atoms with Crippen LogP contribution >= 0.6 is 0 Å². The second-order valence-corrected chi connectivity index (χ2v) is 11.5. The van der Waals surface area contributed by atoms with Gasteiger partial charge in [-0.3, -0.25) is 4.79 Å². The van der Waals surface area contributed by atoms with Crippen molar-refractivity contribution in [3.63, 3.8) is 0 Å². The Morgan fingerprint density at radius 1 is 0.932 bits per heavy atom. The second kappa shape index (κ2) is 17.1. The molecule has 1 amide bonds. The largest absolute Gasteiger partial charge is 0.394 e. The van der Waals surface area contributed by atoms with Crippen molar-refractivity contribution < 1.29 is 58.8 Å². The molecule has 2 saturated heterocycles.